The number of carbonyl (C=O) groups is 1. The van der Waals surface area contributed by atoms with Crippen LogP contribution in [-0.4, -0.2) is 31.8 Å². The third-order valence-electron chi connectivity index (χ3n) is 3.98. The molecule has 0 bridgehead atoms. The first-order valence-electron chi connectivity index (χ1n) is 7.56. The fourth-order valence-electron chi connectivity index (χ4n) is 2.90. The number of likely N-dealkylation sites (N-methyl/N-ethyl adjacent to an activating group) is 1. The van der Waals surface area contributed by atoms with Gasteiger partial charge >= 0.3 is 5.97 Å². The van der Waals surface area contributed by atoms with E-state index in [1.165, 1.54) is 7.11 Å². The van der Waals surface area contributed by atoms with Crippen LogP contribution in [0.4, 0.5) is 0 Å². The van der Waals surface area contributed by atoms with Gasteiger partial charge < -0.3 is 9.47 Å². The average Bonchev–Trinajstić information content (AvgIpc) is 3.26. The Balaban J connectivity index is 2.16. The van der Waals surface area contributed by atoms with Gasteiger partial charge in [0.15, 0.2) is 5.54 Å². The first-order valence-corrected chi connectivity index (χ1v) is 7.56. The number of aryl methyl sites for hydroxylation is 2. The van der Waals surface area contributed by atoms with Crippen molar-refractivity contribution < 1.29 is 14.3 Å². The van der Waals surface area contributed by atoms with E-state index in [1.54, 1.807) is 0 Å². The summed E-state index contributed by atoms with van der Waals surface area (Å²) in [5.74, 6) is 0.881. The van der Waals surface area contributed by atoms with E-state index in [-0.39, 0.29) is 5.97 Å². The fourth-order valence-corrected chi connectivity index (χ4v) is 2.90. The Bertz CT molecular complexity index is 491. The van der Waals surface area contributed by atoms with Crippen molar-refractivity contribution in [1.29, 1.82) is 0 Å². The molecule has 1 aliphatic carbocycles. The van der Waals surface area contributed by atoms with Crippen molar-refractivity contribution in [3.63, 3.8) is 0 Å². The Kier molecular flexibility index (Phi) is 4.88. The summed E-state index contributed by atoms with van der Waals surface area (Å²) < 4.78 is 11.0. The van der Waals surface area contributed by atoms with Crippen LogP contribution in [0.25, 0.3) is 0 Å². The molecule has 0 amide bonds. The Hall–Kier alpha value is -1.55. The molecule has 1 fully saturated rings. The molecule has 1 N–H and O–H groups in total. The third-order valence-corrected chi connectivity index (χ3v) is 3.98. The molecule has 2 rings (SSSR count). The summed E-state index contributed by atoms with van der Waals surface area (Å²) >= 11 is 0. The highest BCUT2D eigenvalue weighted by atomic mass is 16.5. The van der Waals surface area contributed by atoms with Crippen molar-refractivity contribution in [3.8, 4) is 5.75 Å². The van der Waals surface area contributed by atoms with E-state index in [4.69, 9.17) is 9.47 Å². The lowest BCUT2D eigenvalue weighted by atomic mass is 9.94. The molecular weight excluding hydrogens is 266 g/mol. The summed E-state index contributed by atoms with van der Waals surface area (Å²) in [6, 6.07) is 6.09. The van der Waals surface area contributed by atoms with Gasteiger partial charge in [0.05, 0.1) is 7.11 Å². The van der Waals surface area contributed by atoms with Gasteiger partial charge in [0.1, 0.15) is 12.4 Å². The quantitative estimate of drug-likeness (QED) is 0.785. The zero-order valence-corrected chi connectivity index (χ0v) is 13.4. The van der Waals surface area contributed by atoms with Crippen LogP contribution >= 0.6 is 0 Å². The maximum atomic E-state index is 12.3. The minimum Gasteiger partial charge on any atom is -0.491 e. The smallest absolute Gasteiger partial charge is 0.329 e. The molecule has 21 heavy (non-hydrogen) atoms. The Morgan fingerprint density at radius 1 is 1.29 bits per heavy atom. The molecule has 4 nitrogen and oxygen atoms in total. The maximum Gasteiger partial charge on any atom is 0.329 e. The van der Waals surface area contributed by atoms with Crippen molar-refractivity contribution in [2.75, 3.05) is 20.3 Å². The molecule has 0 aromatic heterocycles. The summed E-state index contributed by atoms with van der Waals surface area (Å²) in [5, 5.41) is 3.31. The van der Waals surface area contributed by atoms with Crippen LogP contribution in [0.2, 0.25) is 0 Å². The number of carbonyl (C=O) groups excluding carboxylic acids is 1. The van der Waals surface area contributed by atoms with Crippen LogP contribution in [0.15, 0.2) is 18.2 Å². The van der Waals surface area contributed by atoms with Crippen molar-refractivity contribution in [1.82, 2.24) is 5.32 Å². The van der Waals surface area contributed by atoms with Gasteiger partial charge in [-0.3, -0.25) is 5.32 Å². The van der Waals surface area contributed by atoms with Gasteiger partial charge in [-0.2, -0.15) is 0 Å². The number of rotatable bonds is 7. The van der Waals surface area contributed by atoms with Crippen molar-refractivity contribution in [3.05, 3.63) is 29.3 Å². The molecule has 0 radical (unpaired) electrons. The highest BCUT2D eigenvalue weighted by Crippen LogP contribution is 2.41. The minimum atomic E-state index is -0.721. The standard InChI is InChI=1S/C17H25NO3/c1-5-18-17(14-6-7-14,16(19)20-4)11-21-15-9-12(2)8-13(3)10-15/h8-10,14,18H,5-7,11H2,1-4H3. The van der Waals surface area contributed by atoms with E-state index in [2.05, 4.69) is 11.4 Å². The number of benzene rings is 1. The highest BCUT2D eigenvalue weighted by molar-refractivity contribution is 5.82. The fraction of sp³-hybridized carbons (Fsp3) is 0.588. The largest absolute Gasteiger partial charge is 0.491 e. The number of ether oxygens (including phenoxy) is 2. The molecule has 1 aromatic rings. The minimum absolute atomic E-state index is 0.226. The molecule has 1 atom stereocenters. The van der Waals surface area contributed by atoms with Crippen LogP contribution < -0.4 is 10.1 Å². The summed E-state index contributed by atoms with van der Waals surface area (Å²) in [6.45, 7) is 7.09. The first-order chi connectivity index (χ1) is 10.0. The molecule has 1 aliphatic rings. The van der Waals surface area contributed by atoms with Gasteiger partial charge in [0, 0.05) is 0 Å². The second-order valence-electron chi connectivity index (χ2n) is 5.88. The maximum absolute atomic E-state index is 12.3. The lowest BCUT2D eigenvalue weighted by Crippen LogP contribution is -2.58. The van der Waals surface area contributed by atoms with Gasteiger partial charge in [0.2, 0.25) is 0 Å². The predicted octanol–water partition coefficient (Wildman–Crippen LogP) is 2.61. The molecule has 0 heterocycles. The van der Waals surface area contributed by atoms with Gasteiger partial charge in [-0.15, -0.1) is 0 Å². The molecule has 0 spiro atoms. The van der Waals surface area contributed by atoms with Crippen molar-refractivity contribution in [2.45, 2.75) is 39.2 Å². The molecule has 1 saturated carbocycles. The zero-order chi connectivity index (χ0) is 15.5. The number of methoxy groups -OCH3 is 1. The number of hydrogen-bond donors (Lipinski definition) is 1. The van der Waals surface area contributed by atoms with Crippen LogP contribution in [0.5, 0.6) is 5.75 Å². The van der Waals surface area contributed by atoms with Gasteiger partial charge in [-0.25, -0.2) is 4.79 Å². The normalized spacial score (nSPS) is 17.1. The lowest BCUT2D eigenvalue weighted by molar-refractivity contribution is -0.151. The van der Waals surface area contributed by atoms with Crippen LogP contribution in [0.1, 0.15) is 30.9 Å². The van der Waals surface area contributed by atoms with Crippen molar-refractivity contribution >= 4 is 5.97 Å². The highest BCUT2D eigenvalue weighted by Gasteiger charge is 2.52. The van der Waals surface area contributed by atoms with E-state index in [1.807, 2.05) is 32.9 Å². The van der Waals surface area contributed by atoms with Gasteiger partial charge in [-0.05, 0) is 62.4 Å². The third kappa shape index (κ3) is 3.56. The molecule has 0 saturated heterocycles. The predicted molar refractivity (Wildman–Crippen MR) is 82.6 cm³/mol. The lowest BCUT2D eigenvalue weighted by Gasteiger charge is -2.31. The molecule has 1 unspecified atom stereocenters. The summed E-state index contributed by atoms with van der Waals surface area (Å²) in [7, 11) is 1.44. The molecular formula is C17H25NO3. The van der Waals surface area contributed by atoms with E-state index >= 15 is 0 Å². The summed E-state index contributed by atoms with van der Waals surface area (Å²) in [5.41, 5.74) is 1.59. The number of hydrogen-bond acceptors (Lipinski definition) is 4. The van der Waals surface area contributed by atoms with Gasteiger partial charge in [-0.1, -0.05) is 13.0 Å². The number of esters is 1. The summed E-state index contributed by atoms with van der Waals surface area (Å²) in [4.78, 5) is 12.3. The summed E-state index contributed by atoms with van der Waals surface area (Å²) in [6.07, 6.45) is 2.08. The SMILES string of the molecule is CCNC(COc1cc(C)cc(C)c1)(C(=O)OC)C1CC1. The van der Waals surface area contributed by atoms with Crippen LogP contribution in [-0.2, 0) is 9.53 Å². The van der Waals surface area contributed by atoms with Crippen molar-refractivity contribution in [2.24, 2.45) is 5.92 Å². The second kappa shape index (κ2) is 6.48. The molecule has 0 aliphatic heterocycles. The van der Waals surface area contributed by atoms with Gasteiger partial charge in [0.25, 0.3) is 0 Å². The zero-order valence-electron chi connectivity index (χ0n) is 13.4. The Morgan fingerprint density at radius 2 is 1.90 bits per heavy atom. The number of nitrogens with one attached hydrogen (secondary N) is 1. The average molecular weight is 291 g/mol. The van der Waals surface area contributed by atoms with E-state index in [0.717, 1.165) is 29.7 Å². The second-order valence-corrected chi connectivity index (χ2v) is 5.88. The van der Waals surface area contributed by atoms with E-state index in [9.17, 15) is 4.79 Å². The Morgan fingerprint density at radius 3 is 2.38 bits per heavy atom. The van der Waals surface area contributed by atoms with Crippen LogP contribution in [0, 0.1) is 19.8 Å². The molecule has 1 aromatic carbocycles. The van der Waals surface area contributed by atoms with E-state index in [0.29, 0.717) is 19.1 Å². The molecule has 116 valence electrons. The van der Waals surface area contributed by atoms with Crippen LogP contribution in [0.3, 0.4) is 0 Å². The molecule has 4 heteroatoms. The topological polar surface area (TPSA) is 47.6 Å². The first kappa shape index (κ1) is 15.8. The Labute approximate surface area is 126 Å². The van der Waals surface area contributed by atoms with E-state index < -0.39 is 5.54 Å². The monoisotopic (exact) mass is 291 g/mol.